The Bertz CT molecular complexity index is 499. The minimum Gasteiger partial charge on any atom is -0.352 e. The van der Waals surface area contributed by atoms with Gasteiger partial charge in [-0.1, -0.05) is 18.9 Å². The Balaban J connectivity index is 1.70. The summed E-state index contributed by atoms with van der Waals surface area (Å²) < 4.78 is 0. The summed E-state index contributed by atoms with van der Waals surface area (Å²) in [5.74, 6) is -0.0945. The summed E-state index contributed by atoms with van der Waals surface area (Å²) in [6.45, 7) is 4.13. The Morgan fingerprint density at radius 2 is 2.00 bits per heavy atom. The van der Waals surface area contributed by atoms with Gasteiger partial charge in [0.15, 0.2) is 0 Å². The van der Waals surface area contributed by atoms with Gasteiger partial charge in [0.25, 0.3) is 5.91 Å². The maximum Gasteiger partial charge on any atom is 0.251 e. The lowest BCUT2D eigenvalue weighted by Gasteiger charge is -2.19. The zero-order valence-corrected chi connectivity index (χ0v) is 12.5. The predicted octanol–water partition coefficient (Wildman–Crippen LogP) is 2.55. The summed E-state index contributed by atoms with van der Waals surface area (Å²) >= 11 is 0. The van der Waals surface area contributed by atoms with Crippen LogP contribution >= 0.6 is 0 Å². The number of nitriles is 1. The van der Waals surface area contributed by atoms with Gasteiger partial charge in [0.2, 0.25) is 0 Å². The molecule has 1 aliphatic rings. The lowest BCUT2D eigenvalue weighted by Crippen LogP contribution is -2.30. The van der Waals surface area contributed by atoms with E-state index in [0.29, 0.717) is 17.7 Å². The molecular formula is C17H23N3O. The van der Waals surface area contributed by atoms with Crippen LogP contribution in [-0.4, -0.2) is 37.0 Å². The van der Waals surface area contributed by atoms with Crippen molar-refractivity contribution >= 4 is 5.91 Å². The summed E-state index contributed by atoms with van der Waals surface area (Å²) in [5.41, 5.74) is 1.08. The van der Waals surface area contributed by atoms with E-state index in [4.69, 9.17) is 5.26 Å². The maximum atomic E-state index is 12.0. The van der Waals surface area contributed by atoms with E-state index in [-0.39, 0.29) is 5.91 Å². The van der Waals surface area contributed by atoms with Crippen LogP contribution in [0.15, 0.2) is 24.3 Å². The van der Waals surface area contributed by atoms with Crippen molar-refractivity contribution in [3.05, 3.63) is 35.4 Å². The smallest absolute Gasteiger partial charge is 0.251 e. The Morgan fingerprint density at radius 3 is 2.71 bits per heavy atom. The van der Waals surface area contributed by atoms with Gasteiger partial charge in [0.05, 0.1) is 11.6 Å². The highest BCUT2D eigenvalue weighted by Gasteiger charge is 2.09. The molecule has 112 valence electrons. The zero-order valence-electron chi connectivity index (χ0n) is 12.5. The molecule has 21 heavy (non-hydrogen) atoms. The number of hydrogen-bond acceptors (Lipinski definition) is 3. The molecule has 1 fully saturated rings. The van der Waals surface area contributed by atoms with Crippen molar-refractivity contribution in [1.82, 2.24) is 10.2 Å². The summed E-state index contributed by atoms with van der Waals surface area (Å²) in [6, 6.07) is 8.87. The fourth-order valence-corrected chi connectivity index (χ4v) is 2.70. The number of nitrogens with one attached hydrogen (secondary N) is 1. The van der Waals surface area contributed by atoms with E-state index < -0.39 is 0 Å². The summed E-state index contributed by atoms with van der Waals surface area (Å²) in [5, 5.41) is 11.8. The molecule has 2 rings (SSSR count). The number of likely N-dealkylation sites (tertiary alicyclic amines) is 1. The van der Waals surface area contributed by atoms with E-state index in [9.17, 15) is 4.79 Å². The molecule has 1 N–H and O–H groups in total. The quantitative estimate of drug-likeness (QED) is 0.846. The molecular weight excluding hydrogens is 262 g/mol. The van der Waals surface area contributed by atoms with Crippen molar-refractivity contribution in [2.24, 2.45) is 0 Å². The van der Waals surface area contributed by atoms with Crippen molar-refractivity contribution < 1.29 is 4.79 Å². The second kappa shape index (κ2) is 8.43. The van der Waals surface area contributed by atoms with Crippen LogP contribution in [0.25, 0.3) is 0 Å². The molecule has 0 aromatic heterocycles. The van der Waals surface area contributed by atoms with Gasteiger partial charge in [0, 0.05) is 12.1 Å². The predicted molar refractivity (Wildman–Crippen MR) is 83.0 cm³/mol. The van der Waals surface area contributed by atoms with Crippen LogP contribution in [0.1, 0.15) is 48.0 Å². The molecule has 1 aromatic rings. The van der Waals surface area contributed by atoms with Crippen LogP contribution in [0.3, 0.4) is 0 Å². The average Bonchev–Trinajstić information content (AvgIpc) is 2.80. The van der Waals surface area contributed by atoms with Crippen LogP contribution < -0.4 is 5.32 Å². The minimum absolute atomic E-state index is 0.0945. The van der Waals surface area contributed by atoms with Crippen LogP contribution in [0, 0.1) is 11.3 Å². The second-order valence-corrected chi connectivity index (χ2v) is 5.56. The molecule has 0 atom stereocenters. The molecule has 0 radical (unpaired) electrons. The first-order valence-electron chi connectivity index (χ1n) is 7.80. The monoisotopic (exact) mass is 285 g/mol. The third kappa shape index (κ3) is 5.20. The van der Waals surface area contributed by atoms with E-state index in [1.54, 1.807) is 24.3 Å². The molecule has 1 heterocycles. The van der Waals surface area contributed by atoms with Crippen molar-refractivity contribution in [2.45, 2.75) is 32.1 Å². The van der Waals surface area contributed by atoms with Gasteiger partial charge in [-0.25, -0.2) is 0 Å². The van der Waals surface area contributed by atoms with Crippen molar-refractivity contribution in [3.8, 4) is 6.07 Å². The van der Waals surface area contributed by atoms with Gasteiger partial charge in [-0.15, -0.1) is 0 Å². The average molecular weight is 285 g/mol. The molecule has 0 saturated carbocycles. The van der Waals surface area contributed by atoms with Gasteiger partial charge in [-0.05, 0) is 57.1 Å². The zero-order chi connectivity index (χ0) is 14.9. The lowest BCUT2D eigenvalue weighted by molar-refractivity contribution is 0.0951. The SMILES string of the molecule is N#Cc1cccc(C(=O)NCCCN2CCCCCC2)c1. The Morgan fingerprint density at radius 1 is 1.24 bits per heavy atom. The number of hydrogen-bond donors (Lipinski definition) is 1. The first kappa shape index (κ1) is 15.5. The van der Waals surface area contributed by atoms with Gasteiger partial charge in [-0.3, -0.25) is 4.79 Å². The van der Waals surface area contributed by atoms with Crippen LogP contribution in [0.4, 0.5) is 0 Å². The van der Waals surface area contributed by atoms with Crippen molar-refractivity contribution in [3.63, 3.8) is 0 Å². The third-order valence-electron chi connectivity index (χ3n) is 3.89. The van der Waals surface area contributed by atoms with Crippen LogP contribution in [-0.2, 0) is 0 Å². The topological polar surface area (TPSA) is 56.1 Å². The lowest BCUT2D eigenvalue weighted by atomic mass is 10.1. The Hall–Kier alpha value is -1.86. The first-order valence-corrected chi connectivity index (χ1v) is 7.80. The highest BCUT2D eigenvalue weighted by molar-refractivity contribution is 5.94. The largest absolute Gasteiger partial charge is 0.352 e. The molecule has 1 aliphatic heterocycles. The third-order valence-corrected chi connectivity index (χ3v) is 3.89. The number of benzene rings is 1. The van der Waals surface area contributed by atoms with Crippen molar-refractivity contribution in [2.75, 3.05) is 26.2 Å². The van der Waals surface area contributed by atoms with Crippen molar-refractivity contribution in [1.29, 1.82) is 5.26 Å². The molecule has 0 bridgehead atoms. The fourth-order valence-electron chi connectivity index (χ4n) is 2.70. The summed E-state index contributed by atoms with van der Waals surface area (Å²) in [7, 11) is 0. The fraction of sp³-hybridized carbons (Fsp3) is 0.529. The first-order chi connectivity index (χ1) is 10.3. The van der Waals surface area contributed by atoms with Crippen LogP contribution in [0.5, 0.6) is 0 Å². The van der Waals surface area contributed by atoms with Gasteiger partial charge < -0.3 is 10.2 Å². The highest BCUT2D eigenvalue weighted by Crippen LogP contribution is 2.09. The summed E-state index contributed by atoms with van der Waals surface area (Å²) in [4.78, 5) is 14.5. The Kier molecular flexibility index (Phi) is 6.23. The van der Waals surface area contributed by atoms with E-state index in [1.807, 2.05) is 0 Å². The molecule has 1 saturated heterocycles. The van der Waals surface area contributed by atoms with Gasteiger partial charge >= 0.3 is 0 Å². The van der Waals surface area contributed by atoms with Gasteiger partial charge in [-0.2, -0.15) is 5.26 Å². The van der Waals surface area contributed by atoms with E-state index >= 15 is 0 Å². The standard InChI is InChI=1S/C17H23N3O/c18-14-15-7-5-8-16(13-15)17(21)19-9-6-12-20-10-3-1-2-4-11-20/h5,7-8,13H,1-4,6,9-12H2,(H,19,21). The summed E-state index contributed by atoms with van der Waals surface area (Å²) in [6.07, 6.45) is 6.27. The number of nitrogens with zero attached hydrogens (tertiary/aromatic N) is 2. The van der Waals surface area contributed by atoms with Crippen LogP contribution in [0.2, 0.25) is 0 Å². The molecule has 0 unspecified atom stereocenters. The minimum atomic E-state index is -0.0945. The molecule has 1 amide bonds. The van der Waals surface area contributed by atoms with E-state index in [1.165, 1.54) is 38.8 Å². The molecule has 4 heteroatoms. The normalized spacial score (nSPS) is 16.0. The molecule has 0 spiro atoms. The number of carbonyl (C=O) groups is 1. The Labute approximate surface area is 126 Å². The second-order valence-electron chi connectivity index (χ2n) is 5.56. The number of amides is 1. The van der Waals surface area contributed by atoms with E-state index in [0.717, 1.165) is 13.0 Å². The number of rotatable bonds is 5. The molecule has 4 nitrogen and oxygen atoms in total. The molecule has 1 aromatic carbocycles. The maximum absolute atomic E-state index is 12.0. The van der Waals surface area contributed by atoms with E-state index in [2.05, 4.69) is 16.3 Å². The molecule has 0 aliphatic carbocycles. The highest BCUT2D eigenvalue weighted by atomic mass is 16.1. The van der Waals surface area contributed by atoms with Gasteiger partial charge in [0.1, 0.15) is 0 Å². The number of carbonyl (C=O) groups excluding carboxylic acids is 1.